The fourth-order valence-corrected chi connectivity index (χ4v) is 5.01. The molecule has 5 aromatic rings. The number of aromatic nitrogens is 2. The average Bonchev–Trinajstić information content (AvgIpc) is 3.29. The maximum atomic E-state index is 13.0. The Kier molecular flexibility index (Phi) is 6.29. The highest BCUT2D eigenvalue weighted by Crippen LogP contribution is 2.42. The maximum absolute atomic E-state index is 13.0. The molecule has 0 spiro atoms. The number of fused-ring (bicyclic) bond motifs is 3. The van der Waals surface area contributed by atoms with Gasteiger partial charge >= 0.3 is 0 Å². The van der Waals surface area contributed by atoms with Crippen LogP contribution in [0, 0.1) is 0 Å². The molecule has 0 radical (unpaired) electrons. The Hall–Kier alpha value is -4.96. The zero-order valence-electron chi connectivity index (χ0n) is 20.8. The minimum Gasteiger partial charge on any atom is -0.287 e. The molecule has 0 aliphatic heterocycles. The molecule has 0 N–H and O–H groups in total. The molecule has 38 heavy (non-hydrogen) atoms. The van der Waals surface area contributed by atoms with Crippen molar-refractivity contribution in [1.29, 1.82) is 0 Å². The molecule has 1 aliphatic rings. The van der Waals surface area contributed by atoms with Crippen LogP contribution in [0.15, 0.2) is 128 Å². The van der Waals surface area contributed by atoms with Crippen LogP contribution in [0.25, 0.3) is 22.9 Å². The highest BCUT2D eigenvalue weighted by Gasteiger charge is 2.32. The molecule has 2 aromatic heterocycles. The highest BCUT2D eigenvalue weighted by atomic mass is 16.1. The SMILES string of the molecule is O=C(C[n+]1ccc(/C=C2/c3ccccc3-c3c2ccc[n+]3CC(=O)c2ccccc2)cc1)c1ccccc1. The van der Waals surface area contributed by atoms with Crippen molar-refractivity contribution in [3.8, 4) is 11.3 Å². The fraction of sp³-hybridized carbons (Fsp3) is 0.0588. The summed E-state index contributed by atoms with van der Waals surface area (Å²) in [5.41, 5.74) is 8.01. The van der Waals surface area contributed by atoms with Crippen LogP contribution in [0.1, 0.15) is 37.4 Å². The van der Waals surface area contributed by atoms with Crippen molar-refractivity contribution in [2.75, 3.05) is 0 Å². The van der Waals surface area contributed by atoms with Crippen LogP contribution < -0.4 is 9.13 Å². The standard InChI is InChI=1S/C34H26N2O2/c37-32(26-10-3-1-4-11-26)23-35-20-17-25(18-21-35)22-31-28-14-7-8-15-29(28)34-30(31)16-9-19-36(34)24-33(38)27-12-5-2-6-13-27/h1-22H,23-24H2/q+2/b31-22-. The van der Waals surface area contributed by atoms with Crippen molar-refractivity contribution in [3.63, 3.8) is 0 Å². The van der Waals surface area contributed by atoms with E-state index in [0.717, 1.165) is 33.5 Å². The number of rotatable bonds is 7. The molecule has 0 amide bonds. The summed E-state index contributed by atoms with van der Waals surface area (Å²) >= 11 is 0. The minimum atomic E-state index is 0.0787. The lowest BCUT2D eigenvalue weighted by molar-refractivity contribution is -0.683. The van der Waals surface area contributed by atoms with Gasteiger partial charge in [0.2, 0.25) is 30.3 Å². The third-order valence-corrected chi connectivity index (χ3v) is 6.89. The van der Waals surface area contributed by atoms with E-state index in [-0.39, 0.29) is 18.1 Å². The summed E-state index contributed by atoms with van der Waals surface area (Å²) < 4.78 is 3.95. The van der Waals surface area contributed by atoms with Gasteiger partial charge in [0.15, 0.2) is 18.6 Å². The topological polar surface area (TPSA) is 41.9 Å². The predicted molar refractivity (Wildman–Crippen MR) is 147 cm³/mol. The van der Waals surface area contributed by atoms with Crippen LogP contribution in [0.4, 0.5) is 0 Å². The van der Waals surface area contributed by atoms with Gasteiger partial charge in [-0.15, -0.1) is 0 Å². The minimum absolute atomic E-state index is 0.0787. The number of carbonyl (C=O) groups is 2. The number of pyridine rings is 2. The van der Waals surface area contributed by atoms with Crippen molar-refractivity contribution in [2.24, 2.45) is 0 Å². The molecule has 2 heterocycles. The lowest BCUT2D eigenvalue weighted by Gasteiger charge is -2.04. The molecule has 1 aliphatic carbocycles. The van der Waals surface area contributed by atoms with Crippen LogP contribution in [0.2, 0.25) is 0 Å². The van der Waals surface area contributed by atoms with E-state index in [1.54, 1.807) is 0 Å². The Morgan fingerprint density at radius 2 is 1.11 bits per heavy atom. The molecule has 0 atom stereocenters. The van der Waals surface area contributed by atoms with Crippen LogP contribution >= 0.6 is 0 Å². The first-order valence-corrected chi connectivity index (χ1v) is 12.7. The van der Waals surface area contributed by atoms with E-state index in [9.17, 15) is 9.59 Å². The van der Waals surface area contributed by atoms with Crippen molar-refractivity contribution >= 4 is 23.2 Å². The quantitative estimate of drug-likeness (QED) is 0.214. The monoisotopic (exact) mass is 494 g/mol. The van der Waals surface area contributed by atoms with E-state index in [1.807, 2.05) is 114 Å². The Balaban J connectivity index is 1.32. The van der Waals surface area contributed by atoms with Gasteiger partial charge in [-0.1, -0.05) is 78.9 Å². The van der Waals surface area contributed by atoms with Gasteiger partial charge in [0.25, 0.3) is 0 Å². The number of nitrogens with zero attached hydrogens (tertiary/aromatic N) is 2. The van der Waals surface area contributed by atoms with Gasteiger partial charge in [-0.25, -0.2) is 0 Å². The second kappa shape index (κ2) is 10.2. The third-order valence-electron chi connectivity index (χ3n) is 6.89. The molecule has 0 unspecified atom stereocenters. The smallest absolute Gasteiger partial charge is 0.227 e. The van der Waals surface area contributed by atoms with Gasteiger partial charge in [0.1, 0.15) is 0 Å². The van der Waals surface area contributed by atoms with Crippen LogP contribution in [-0.4, -0.2) is 11.6 Å². The zero-order chi connectivity index (χ0) is 25.9. The number of hydrogen-bond acceptors (Lipinski definition) is 2. The van der Waals surface area contributed by atoms with Crippen molar-refractivity contribution in [3.05, 3.63) is 156 Å². The summed E-state index contributed by atoms with van der Waals surface area (Å²) in [6.45, 7) is 0.567. The maximum Gasteiger partial charge on any atom is 0.227 e. The van der Waals surface area contributed by atoms with Crippen molar-refractivity contribution in [2.45, 2.75) is 13.1 Å². The van der Waals surface area contributed by atoms with Crippen molar-refractivity contribution in [1.82, 2.24) is 0 Å². The Morgan fingerprint density at radius 1 is 0.553 bits per heavy atom. The summed E-state index contributed by atoms with van der Waals surface area (Å²) in [5.74, 6) is 0.159. The van der Waals surface area contributed by atoms with E-state index in [2.05, 4.69) is 28.8 Å². The first-order chi connectivity index (χ1) is 18.7. The second-order valence-corrected chi connectivity index (χ2v) is 9.38. The highest BCUT2D eigenvalue weighted by molar-refractivity contribution is 6.04. The Morgan fingerprint density at radius 3 is 1.76 bits per heavy atom. The van der Waals surface area contributed by atoms with E-state index in [0.29, 0.717) is 17.7 Å². The number of benzene rings is 3. The summed E-state index contributed by atoms with van der Waals surface area (Å²) in [4.78, 5) is 25.6. The molecule has 4 heteroatoms. The number of ketones is 2. The van der Waals surface area contributed by atoms with Crippen molar-refractivity contribution < 1.29 is 18.7 Å². The molecule has 3 aromatic carbocycles. The summed E-state index contributed by atoms with van der Waals surface area (Å²) in [6, 6.07) is 35.3. The van der Waals surface area contributed by atoms with Gasteiger partial charge in [-0.3, -0.25) is 9.59 Å². The molecule has 6 rings (SSSR count). The molecule has 4 nitrogen and oxygen atoms in total. The number of carbonyl (C=O) groups excluding carboxylic acids is 2. The predicted octanol–water partition coefficient (Wildman–Crippen LogP) is 5.60. The Labute approximate surface area is 221 Å². The van der Waals surface area contributed by atoms with Gasteiger partial charge < -0.3 is 0 Å². The molecule has 0 fully saturated rings. The van der Waals surface area contributed by atoms with Gasteiger partial charge in [0.05, 0.1) is 11.1 Å². The summed E-state index contributed by atoms with van der Waals surface area (Å²) in [7, 11) is 0. The fourth-order valence-electron chi connectivity index (χ4n) is 5.01. The normalized spacial score (nSPS) is 12.7. The lowest BCUT2D eigenvalue weighted by Crippen LogP contribution is -2.40. The number of hydrogen-bond donors (Lipinski definition) is 0. The largest absolute Gasteiger partial charge is 0.287 e. The molecule has 0 bridgehead atoms. The van der Waals surface area contributed by atoms with E-state index in [4.69, 9.17) is 0 Å². The van der Waals surface area contributed by atoms with E-state index in [1.165, 1.54) is 0 Å². The molecular formula is C34H26N2O2+2. The van der Waals surface area contributed by atoms with Gasteiger partial charge in [-0.2, -0.15) is 9.13 Å². The second-order valence-electron chi connectivity index (χ2n) is 9.38. The van der Waals surface area contributed by atoms with Crippen LogP contribution in [0.3, 0.4) is 0 Å². The molecule has 0 saturated heterocycles. The molecule has 182 valence electrons. The molecule has 0 saturated carbocycles. The molecular weight excluding hydrogens is 468 g/mol. The van der Waals surface area contributed by atoms with E-state index < -0.39 is 0 Å². The first kappa shape index (κ1) is 23.4. The van der Waals surface area contributed by atoms with E-state index >= 15 is 0 Å². The number of Topliss-reactive ketones (excluding diaryl/α,β-unsaturated/α-hetero) is 2. The van der Waals surface area contributed by atoms with Gasteiger partial charge in [-0.05, 0) is 34.9 Å². The van der Waals surface area contributed by atoms with Gasteiger partial charge in [0, 0.05) is 29.3 Å². The van der Waals surface area contributed by atoms with Crippen LogP contribution in [0.5, 0.6) is 0 Å². The zero-order valence-corrected chi connectivity index (χ0v) is 20.8. The lowest BCUT2D eigenvalue weighted by atomic mass is 10.0. The summed E-state index contributed by atoms with van der Waals surface area (Å²) in [5, 5.41) is 0. The third kappa shape index (κ3) is 4.60. The first-order valence-electron chi connectivity index (χ1n) is 12.7. The average molecular weight is 495 g/mol. The summed E-state index contributed by atoms with van der Waals surface area (Å²) in [6.07, 6.45) is 8.04. The van der Waals surface area contributed by atoms with Crippen LogP contribution in [-0.2, 0) is 13.1 Å². The Bertz CT molecular complexity index is 1670.